The zero-order chi connectivity index (χ0) is 12.3. The van der Waals surface area contributed by atoms with Crippen molar-refractivity contribution in [2.45, 2.75) is 39.3 Å². The third kappa shape index (κ3) is 4.24. The molecule has 0 bridgehead atoms. The predicted octanol–water partition coefficient (Wildman–Crippen LogP) is 3.18. The van der Waals surface area contributed by atoms with Gasteiger partial charge < -0.3 is 10.4 Å². The molecule has 16 heavy (non-hydrogen) atoms. The molecule has 2 nitrogen and oxygen atoms in total. The molecule has 3 heteroatoms. The molecule has 0 aromatic heterocycles. The van der Waals surface area contributed by atoms with Crippen molar-refractivity contribution < 1.29 is 5.11 Å². The molecule has 0 radical (unpaired) electrons. The third-order valence-corrected chi connectivity index (χ3v) is 3.26. The molecule has 0 spiro atoms. The van der Waals surface area contributed by atoms with Crippen LogP contribution in [0.3, 0.4) is 0 Å². The van der Waals surface area contributed by atoms with E-state index in [2.05, 4.69) is 42.0 Å². The van der Waals surface area contributed by atoms with Crippen molar-refractivity contribution in [2.75, 3.05) is 6.54 Å². The molecule has 1 aromatic carbocycles. The molecule has 0 saturated heterocycles. The minimum Gasteiger partial charge on any atom is -0.387 e. The van der Waals surface area contributed by atoms with Gasteiger partial charge in [0.2, 0.25) is 0 Å². The van der Waals surface area contributed by atoms with Gasteiger partial charge in [-0.3, -0.25) is 0 Å². The van der Waals surface area contributed by atoms with Crippen LogP contribution in [-0.4, -0.2) is 17.2 Å². The van der Waals surface area contributed by atoms with E-state index in [1.807, 2.05) is 25.1 Å². The number of aliphatic hydroxyl groups is 1. The van der Waals surface area contributed by atoms with E-state index in [-0.39, 0.29) is 5.54 Å². The summed E-state index contributed by atoms with van der Waals surface area (Å²) in [5.41, 5.74) is 2.15. The number of aliphatic hydroxyl groups excluding tert-OH is 1. The van der Waals surface area contributed by atoms with Crippen molar-refractivity contribution in [3.63, 3.8) is 0 Å². The predicted molar refractivity (Wildman–Crippen MR) is 71.6 cm³/mol. The van der Waals surface area contributed by atoms with Crippen LogP contribution in [0.25, 0.3) is 0 Å². The maximum atomic E-state index is 10.0. The molecule has 2 N–H and O–H groups in total. The standard InChI is InChI=1S/C13H20BrNO/c1-9-5-6-10(7-11(9)14)12(16)8-15-13(2,3)4/h5-7,12,15-16H,8H2,1-4H3. The lowest BCUT2D eigenvalue weighted by Gasteiger charge is -2.23. The Bertz CT molecular complexity index is 357. The van der Waals surface area contributed by atoms with Crippen LogP contribution in [0.5, 0.6) is 0 Å². The smallest absolute Gasteiger partial charge is 0.0914 e. The summed E-state index contributed by atoms with van der Waals surface area (Å²) in [6, 6.07) is 5.96. The summed E-state index contributed by atoms with van der Waals surface area (Å²) in [6.45, 7) is 8.87. The van der Waals surface area contributed by atoms with Crippen molar-refractivity contribution in [2.24, 2.45) is 0 Å². The van der Waals surface area contributed by atoms with Crippen molar-refractivity contribution >= 4 is 15.9 Å². The number of β-amino-alcohol motifs (C(OH)–C–C–N with tert-alkyl or cyclic N) is 1. The molecular formula is C13H20BrNO. The summed E-state index contributed by atoms with van der Waals surface area (Å²) >= 11 is 3.47. The number of hydrogen-bond acceptors (Lipinski definition) is 2. The second-order valence-electron chi connectivity index (χ2n) is 5.16. The van der Waals surface area contributed by atoms with Gasteiger partial charge >= 0.3 is 0 Å². The Morgan fingerprint density at radius 3 is 2.50 bits per heavy atom. The van der Waals surface area contributed by atoms with Crippen LogP contribution in [0.1, 0.15) is 38.0 Å². The van der Waals surface area contributed by atoms with Gasteiger partial charge in [0.15, 0.2) is 0 Å². The Morgan fingerprint density at radius 2 is 2.00 bits per heavy atom. The van der Waals surface area contributed by atoms with Crippen LogP contribution in [0, 0.1) is 6.92 Å². The lowest BCUT2D eigenvalue weighted by molar-refractivity contribution is 0.163. The number of hydrogen-bond donors (Lipinski definition) is 2. The van der Waals surface area contributed by atoms with Gasteiger partial charge in [-0.15, -0.1) is 0 Å². The highest BCUT2D eigenvalue weighted by atomic mass is 79.9. The van der Waals surface area contributed by atoms with Gasteiger partial charge in [0.25, 0.3) is 0 Å². The first-order valence-electron chi connectivity index (χ1n) is 5.49. The number of benzene rings is 1. The highest BCUT2D eigenvalue weighted by Gasteiger charge is 2.13. The average molecular weight is 286 g/mol. The van der Waals surface area contributed by atoms with Gasteiger partial charge in [-0.25, -0.2) is 0 Å². The minimum absolute atomic E-state index is 0.0307. The van der Waals surface area contributed by atoms with Gasteiger partial charge in [-0.2, -0.15) is 0 Å². The lowest BCUT2D eigenvalue weighted by atomic mass is 10.1. The molecule has 0 saturated carbocycles. The molecule has 0 heterocycles. The fourth-order valence-corrected chi connectivity index (χ4v) is 1.73. The molecule has 90 valence electrons. The van der Waals surface area contributed by atoms with Crippen molar-refractivity contribution in [3.05, 3.63) is 33.8 Å². The Balaban J connectivity index is 2.66. The molecule has 0 aliphatic heterocycles. The van der Waals surface area contributed by atoms with Gasteiger partial charge in [0.05, 0.1) is 6.10 Å². The van der Waals surface area contributed by atoms with Gasteiger partial charge in [-0.05, 0) is 44.9 Å². The first kappa shape index (κ1) is 13.7. The van der Waals surface area contributed by atoms with E-state index in [0.29, 0.717) is 6.54 Å². The minimum atomic E-state index is -0.462. The van der Waals surface area contributed by atoms with E-state index < -0.39 is 6.10 Å². The van der Waals surface area contributed by atoms with Crippen LogP contribution in [0.15, 0.2) is 22.7 Å². The van der Waals surface area contributed by atoms with Gasteiger partial charge in [0.1, 0.15) is 0 Å². The third-order valence-electron chi connectivity index (χ3n) is 2.41. The zero-order valence-electron chi connectivity index (χ0n) is 10.3. The summed E-state index contributed by atoms with van der Waals surface area (Å²) < 4.78 is 1.04. The number of nitrogens with one attached hydrogen (secondary N) is 1. The summed E-state index contributed by atoms with van der Waals surface area (Å²) in [5, 5.41) is 13.3. The first-order chi connectivity index (χ1) is 7.29. The van der Waals surface area contributed by atoms with Crippen LogP contribution < -0.4 is 5.32 Å². The summed E-state index contributed by atoms with van der Waals surface area (Å²) in [7, 11) is 0. The van der Waals surface area contributed by atoms with Crippen molar-refractivity contribution in [3.8, 4) is 0 Å². The Morgan fingerprint density at radius 1 is 1.38 bits per heavy atom. The maximum Gasteiger partial charge on any atom is 0.0914 e. The maximum absolute atomic E-state index is 10.0. The van der Waals surface area contributed by atoms with E-state index in [1.165, 1.54) is 5.56 Å². The highest BCUT2D eigenvalue weighted by molar-refractivity contribution is 9.10. The summed E-state index contributed by atoms with van der Waals surface area (Å²) in [4.78, 5) is 0. The molecule has 1 aromatic rings. The Kier molecular flexibility index (Phi) is 4.53. The summed E-state index contributed by atoms with van der Waals surface area (Å²) in [6.07, 6.45) is -0.462. The monoisotopic (exact) mass is 285 g/mol. The highest BCUT2D eigenvalue weighted by Crippen LogP contribution is 2.21. The van der Waals surface area contributed by atoms with Crippen LogP contribution in [0.2, 0.25) is 0 Å². The lowest BCUT2D eigenvalue weighted by Crippen LogP contribution is -2.38. The fourth-order valence-electron chi connectivity index (χ4n) is 1.34. The normalized spacial score (nSPS) is 13.9. The molecule has 0 aliphatic carbocycles. The number of aryl methyl sites for hydroxylation is 1. The molecule has 0 aliphatic rings. The van der Waals surface area contributed by atoms with Crippen LogP contribution in [0.4, 0.5) is 0 Å². The van der Waals surface area contributed by atoms with E-state index in [9.17, 15) is 5.11 Å². The molecule has 1 rings (SSSR count). The molecule has 0 fully saturated rings. The number of halogens is 1. The van der Waals surface area contributed by atoms with E-state index >= 15 is 0 Å². The van der Waals surface area contributed by atoms with Crippen LogP contribution in [-0.2, 0) is 0 Å². The largest absolute Gasteiger partial charge is 0.387 e. The quantitative estimate of drug-likeness (QED) is 0.894. The van der Waals surface area contributed by atoms with Crippen molar-refractivity contribution in [1.82, 2.24) is 5.32 Å². The molecule has 0 amide bonds. The average Bonchev–Trinajstić information content (AvgIpc) is 2.17. The number of rotatable bonds is 3. The SMILES string of the molecule is Cc1ccc(C(O)CNC(C)(C)C)cc1Br. The van der Waals surface area contributed by atoms with Crippen molar-refractivity contribution in [1.29, 1.82) is 0 Å². The fraction of sp³-hybridized carbons (Fsp3) is 0.538. The second-order valence-corrected chi connectivity index (χ2v) is 6.01. The first-order valence-corrected chi connectivity index (χ1v) is 6.28. The van der Waals surface area contributed by atoms with Crippen LogP contribution >= 0.6 is 15.9 Å². The van der Waals surface area contributed by atoms with E-state index in [4.69, 9.17) is 0 Å². The second kappa shape index (κ2) is 5.30. The summed E-state index contributed by atoms with van der Waals surface area (Å²) in [5.74, 6) is 0. The Labute approximate surface area is 106 Å². The Hall–Kier alpha value is -0.380. The molecule has 1 unspecified atom stereocenters. The van der Waals surface area contributed by atoms with E-state index in [1.54, 1.807) is 0 Å². The van der Waals surface area contributed by atoms with Gasteiger partial charge in [-0.1, -0.05) is 28.1 Å². The molecule has 1 atom stereocenters. The molecular weight excluding hydrogens is 266 g/mol. The van der Waals surface area contributed by atoms with Gasteiger partial charge in [0, 0.05) is 16.6 Å². The topological polar surface area (TPSA) is 32.3 Å². The zero-order valence-corrected chi connectivity index (χ0v) is 11.9. The van der Waals surface area contributed by atoms with E-state index in [0.717, 1.165) is 10.0 Å².